The summed E-state index contributed by atoms with van der Waals surface area (Å²) in [6, 6.07) is 13.4. The van der Waals surface area contributed by atoms with Crippen molar-refractivity contribution in [2.45, 2.75) is 20.0 Å². The van der Waals surface area contributed by atoms with Crippen LogP contribution in [0.1, 0.15) is 28.4 Å². The van der Waals surface area contributed by atoms with Crippen molar-refractivity contribution >= 4 is 40.0 Å². The summed E-state index contributed by atoms with van der Waals surface area (Å²) in [6.45, 7) is 3.12. The van der Waals surface area contributed by atoms with E-state index in [0.717, 1.165) is 45.8 Å². The first kappa shape index (κ1) is 24.6. The van der Waals surface area contributed by atoms with Gasteiger partial charge in [-0.25, -0.2) is 9.97 Å². The molecule has 10 heteroatoms. The second kappa shape index (κ2) is 9.65. The van der Waals surface area contributed by atoms with Gasteiger partial charge in [0.2, 0.25) is 11.9 Å². The minimum atomic E-state index is -4.61. The number of carbonyl (C=O) groups excluding carboxylic acids is 2. The summed E-state index contributed by atoms with van der Waals surface area (Å²) < 4.78 is 39.7. The highest BCUT2D eigenvalue weighted by molar-refractivity contribution is 6.08. The van der Waals surface area contributed by atoms with Crippen LogP contribution in [-0.4, -0.2) is 28.8 Å². The zero-order chi connectivity index (χ0) is 26.0. The topological polar surface area (TPSA) is 96.0 Å². The van der Waals surface area contributed by atoms with Crippen molar-refractivity contribution in [3.8, 4) is 11.1 Å². The maximum absolute atomic E-state index is 13.2. The average Bonchev–Trinajstić information content (AvgIpc) is 2.83. The number of halogens is 3. The summed E-state index contributed by atoms with van der Waals surface area (Å²) >= 11 is 0. The number of nitrogens with one attached hydrogen (secondary N) is 3. The third-order valence-corrected chi connectivity index (χ3v) is 5.52. The van der Waals surface area contributed by atoms with Crippen LogP contribution in [0.25, 0.3) is 22.0 Å². The molecule has 0 atom stereocenters. The first-order valence-electron chi connectivity index (χ1n) is 10.9. The van der Waals surface area contributed by atoms with Crippen LogP contribution in [0, 0.1) is 6.92 Å². The summed E-state index contributed by atoms with van der Waals surface area (Å²) in [4.78, 5) is 33.2. The lowest BCUT2D eigenvalue weighted by atomic mass is 9.97. The molecule has 1 heterocycles. The highest BCUT2D eigenvalue weighted by Gasteiger charge is 2.31. The number of fused-ring (bicyclic) bond motifs is 1. The molecule has 0 saturated heterocycles. The number of hydrogen-bond acceptors (Lipinski definition) is 5. The third kappa shape index (κ3) is 5.27. The maximum Gasteiger partial charge on any atom is 0.416 e. The number of rotatable bonds is 5. The molecule has 0 fully saturated rings. The lowest BCUT2D eigenvalue weighted by molar-refractivity contribution is -0.137. The van der Waals surface area contributed by atoms with Crippen molar-refractivity contribution in [2.24, 2.45) is 0 Å². The van der Waals surface area contributed by atoms with E-state index in [1.165, 1.54) is 6.92 Å². The van der Waals surface area contributed by atoms with Gasteiger partial charge in [0.05, 0.1) is 22.5 Å². The number of carbonyl (C=O) groups is 2. The molecule has 4 rings (SSSR count). The van der Waals surface area contributed by atoms with Crippen LogP contribution in [-0.2, 0) is 11.0 Å². The van der Waals surface area contributed by atoms with Gasteiger partial charge in [-0.15, -0.1) is 0 Å². The Balaban J connectivity index is 1.68. The standard InChI is InChI=1S/C26H22F3N5O2/c1-14-4-5-17(11-20(14)16-6-8-21-18(10-16)13-31-25(30-3)34-21)24(36)33-23-12-19(26(27,28)29)7-9-22(23)32-15(2)35/h4-13H,1-3H3,(H,32,35)(H,33,36)(H,30,31,34). The zero-order valence-corrected chi connectivity index (χ0v) is 19.6. The van der Waals surface area contributed by atoms with Crippen LogP contribution >= 0.6 is 0 Å². The Hall–Kier alpha value is -4.47. The Kier molecular flexibility index (Phi) is 6.61. The molecular weight excluding hydrogens is 471 g/mol. The van der Waals surface area contributed by atoms with Gasteiger partial charge < -0.3 is 16.0 Å². The van der Waals surface area contributed by atoms with Crippen molar-refractivity contribution in [2.75, 3.05) is 23.0 Å². The van der Waals surface area contributed by atoms with Gasteiger partial charge in [-0.2, -0.15) is 13.2 Å². The third-order valence-electron chi connectivity index (χ3n) is 5.52. The minimum Gasteiger partial charge on any atom is -0.357 e. The second-order valence-corrected chi connectivity index (χ2v) is 8.14. The lowest BCUT2D eigenvalue weighted by Crippen LogP contribution is -2.16. The van der Waals surface area contributed by atoms with E-state index in [2.05, 4.69) is 25.9 Å². The normalized spacial score (nSPS) is 11.3. The molecule has 0 spiro atoms. The van der Waals surface area contributed by atoms with Crippen molar-refractivity contribution in [3.05, 3.63) is 77.5 Å². The van der Waals surface area contributed by atoms with Gasteiger partial charge in [0.25, 0.3) is 5.91 Å². The fourth-order valence-corrected chi connectivity index (χ4v) is 3.71. The minimum absolute atomic E-state index is 0.0617. The Morgan fingerprint density at radius 2 is 1.69 bits per heavy atom. The molecule has 2 amide bonds. The van der Waals surface area contributed by atoms with Crippen LogP contribution in [0.4, 0.5) is 30.5 Å². The fraction of sp³-hybridized carbons (Fsp3) is 0.154. The van der Waals surface area contributed by atoms with E-state index in [1.807, 2.05) is 25.1 Å². The van der Waals surface area contributed by atoms with Gasteiger partial charge in [-0.05, 0) is 66.1 Å². The highest BCUT2D eigenvalue weighted by atomic mass is 19.4. The summed E-state index contributed by atoms with van der Waals surface area (Å²) in [5, 5.41) is 8.65. The molecular formula is C26H22F3N5O2. The van der Waals surface area contributed by atoms with Crippen LogP contribution in [0.3, 0.4) is 0 Å². The van der Waals surface area contributed by atoms with Crippen molar-refractivity contribution in [3.63, 3.8) is 0 Å². The summed E-state index contributed by atoms with van der Waals surface area (Å²) in [6.07, 6.45) is -2.92. The van der Waals surface area contributed by atoms with Crippen LogP contribution < -0.4 is 16.0 Å². The molecule has 3 aromatic carbocycles. The summed E-state index contributed by atoms with van der Waals surface area (Å²) in [7, 11) is 1.73. The predicted molar refractivity (Wildman–Crippen MR) is 133 cm³/mol. The molecule has 3 N–H and O–H groups in total. The summed E-state index contributed by atoms with van der Waals surface area (Å²) in [5.74, 6) is -0.603. The first-order valence-corrected chi connectivity index (χ1v) is 10.9. The maximum atomic E-state index is 13.2. The number of aryl methyl sites for hydroxylation is 1. The largest absolute Gasteiger partial charge is 0.416 e. The molecule has 7 nitrogen and oxygen atoms in total. The van der Waals surface area contributed by atoms with Gasteiger partial charge in [-0.1, -0.05) is 12.1 Å². The molecule has 36 heavy (non-hydrogen) atoms. The average molecular weight is 493 g/mol. The Morgan fingerprint density at radius 3 is 2.39 bits per heavy atom. The van der Waals surface area contributed by atoms with Crippen molar-refractivity contribution < 1.29 is 22.8 Å². The number of amides is 2. The van der Waals surface area contributed by atoms with E-state index in [-0.39, 0.29) is 16.9 Å². The molecule has 0 bridgehead atoms. The van der Waals surface area contributed by atoms with E-state index < -0.39 is 23.6 Å². The van der Waals surface area contributed by atoms with E-state index in [1.54, 1.807) is 31.4 Å². The monoisotopic (exact) mass is 493 g/mol. The molecule has 1 aromatic heterocycles. The van der Waals surface area contributed by atoms with Gasteiger partial charge in [0.1, 0.15) is 0 Å². The van der Waals surface area contributed by atoms with Crippen LogP contribution in [0.5, 0.6) is 0 Å². The first-order chi connectivity index (χ1) is 17.0. The number of aromatic nitrogens is 2. The molecule has 0 unspecified atom stereocenters. The highest BCUT2D eigenvalue weighted by Crippen LogP contribution is 2.35. The molecule has 4 aromatic rings. The van der Waals surface area contributed by atoms with Gasteiger partial charge in [-0.3, -0.25) is 9.59 Å². The molecule has 0 aliphatic carbocycles. The molecule has 0 radical (unpaired) electrons. The number of nitrogens with zero attached hydrogens (tertiary/aromatic N) is 2. The quantitative estimate of drug-likeness (QED) is 0.323. The van der Waals surface area contributed by atoms with E-state index in [9.17, 15) is 22.8 Å². The Labute approximate surface area is 204 Å². The van der Waals surface area contributed by atoms with E-state index in [4.69, 9.17) is 0 Å². The predicted octanol–water partition coefficient (Wildman–Crippen LogP) is 5.88. The summed E-state index contributed by atoms with van der Waals surface area (Å²) in [5.41, 5.74) is 2.44. The number of benzene rings is 3. The molecule has 0 saturated carbocycles. The van der Waals surface area contributed by atoms with Gasteiger partial charge in [0, 0.05) is 31.1 Å². The smallest absolute Gasteiger partial charge is 0.357 e. The Morgan fingerprint density at radius 1 is 0.917 bits per heavy atom. The number of alkyl halides is 3. The molecule has 0 aliphatic heterocycles. The zero-order valence-electron chi connectivity index (χ0n) is 19.6. The van der Waals surface area contributed by atoms with E-state index >= 15 is 0 Å². The van der Waals surface area contributed by atoms with Gasteiger partial charge >= 0.3 is 6.18 Å². The number of hydrogen-bond donors (Lipinski definition) is 3. The molecule has 184 valence electrons. The molecule has 0 aliphatic rings. The Bertz CT molecular complexity index is 1480. The second-order valence-electron chi connectivity index (χ2n) is 8.14. The lowest BCUT2D eigenvalue weighted by Gasteiger charge is -2.15. The SMILES string of the molecule is CNc1ncc2cc(-c3cc(C(=O)Nc4cc(C(F)(F)F)ccc4NC(C)=O)ccc3C)ccc2n1. The van der Waals surface area contributed by atoms with E-state index in [0.29, 0.717) is 5.95 Å². The van der Waals surface area contributed by atoms with Gasteiger partial charge in [0.15, 0.2) is 0 Å². The fourth-order valence-electron chi connectivity index (χ4n) is 3.71. The van der Waals surface area contributed by atoms with Crippen LogP contribution in [0.15, 0.2) is 60.8 Å². The van der Waals surface area contributed by atoms with Crippen molar-refractivity contribution in [1.82, 2.24) is 9.97 Å². The number of anilines is 3. The van der Waals surface area contributed by atoms with Crippen LogP contribution in [0.2, 0.25) is 0 Å². The van der Waals surface area contributed by atoms with Crippen molar-refractivity contribution in [1.29, 1.82) is 0 Å².